The molecule has 2 N–H and O–H groups in total. The predicted octanol–water partition coefficient (Wildman–Crippen LogP) is 2.91. The molecule has 152 valence electrons. The van der Waals surface area contributed by atoms with Crippen LogP contribution in [0.4, 0.5) is 5.82 Å². The maximum absolute atomic E-state index is 12.8. The highest BCUT2D eigenvalue weighted by atomic mass is 32.2. The Labute approximate surface area is 169 Å². The Hall–Kier alpha value is -2.52. The largest absolute Gasteiger partial charge is 0.377 e. The second-order valence-corrected chi connectivity index (χ2v) is 10.5. The van der Waals surface area contributed by atoms with Gasteiger partial charge in [0.05, 0.1) is 39.4 Å². The number of ether oxygens (including phenoxy) is 1. The van der Waals surface area contributed by atoms with E-state index >= 15 is 0 Å². The summed E-state index contributed by atoms with van der Waals surface area (Å²) in [7, 11) is -2.79. The van der Waals surface area contributed by atoms with E-state index in [0.717, 1.165) is 41.8 Å². The Morgan fingerprint density at radius 3 is 2.90 bits per heavy atom. The lowest BCUT2D eigenvalue weighted by molar-refractivity contribution is 0.0985. The molecule has 0 spiro atoms. The molecular formula is C20H24N6O2S. The first-order valence-corrected chi connectivity index (χ1v) is 11.8. The van der Waals surface area contributed by atoms with Gasteiger partial charge in [0.25, 0.3) is 0 Å². The van der Waals surface area contributed by atoms with Crippen molar-refractivity contribution in [3.05, 3.63) is 36.3 Å². The van der Waals surface area contributed by atoms with Gasteiger partial charge in [-0.25, -0.2) is 19.2 Å². The molecule has 1 saturated carbocycles. The van der Waals surface area contributed by atoms with Gasteiger partial charge in [0.15, 0.2) is 5.82 Å². The molecule has 1 saturated heterocycles. The van der Waals surface area contributed by atoms with Crippen LogP contribution in [0.3, 0.4) is 0 Å². The topological polar surface area (TPSA) is 108 Å². The summed E-state index contributed by atoms with van der Waals surface area (Å²) in [4.78, 5) is 19.4. The van der Waals surface area contributed by atoms with E-state index in [4.69, 9.17) is 19.5 Å². The number of anilines is 1. The smallest absolute Gasteiger partial charge is 0.162 e. The molecule has 8 nitrogen and oxygen atoms in total. The van der Waals surface area contributed by atoms with E-state index in [1.165, 1.54) is 6.26 Å². The van der Waals surface area contributed by atoms with Gasteiger partial charge in [0.1, 0.15) is 11.5 Å². The average molecular weight is 413 g/mol. The summed E-state index contributed by atoms with van der Waals surface area (Å²) in [6, 6.07) is 5.99. The number of hydrogen-bond acceptors (Lipinski definition) is 7. The normalized spacial score (nSPS) is 23.1. The van der Waals surface area contributed by atoms with Crippen LogP contribution >= 0.6 is 0 Å². The lowest BCUT2D eigenvalue weighted by Crippen LogP contribution is -2.44. The van der Waals surface area contributed by atoms with Gasteiger partial charge in [-0.3, -0.25) is 4.78 Å². The molecule has 1 aliphatic heterocycles. The minimum absolute atomic E-state index is 0.182. The Morgan fingerprint density at radius 1 is 1.34 bits per heavy atom. The number of rotatable bonds is 4. The van der Waals surface area contributed by atoms with Gasteiger partial charge in [0.2, 0.25) is 0 Å². The van der Waals surface area contributed by atoms with Gasteiger partial charge < -0.3 is 14.6 Å². The molecule has 0 amide bonds. The molecule has 2 aliphatic rings. The number of hydrogen-bond donors (Lipinski definition) is 2. The van der Waals surface area contributed by atoms with Gasteiger partial charge in [-0.1, -0.05) is 0 Å². The molecule has 0 radical (unpaired) electrons. The number of nitrogens with zero attached hydrogens (tertiary/aromatic N) is 4. The molecule has 3 aromatic heterocycles. The van der Waals surface area contributed by atoms with Crippen LogP contribution in [0.25, 0.3) is 22.4 Å². The molecule has 2 fully saturated rings. The molecule has 29 heavy (non-hydrogen) atoms. The zero-order valence-corrected chi connectivity index (χ0v) is 17.3. The van der Waals surface area contributed by atoms with Gasteiger partial charge >= 0.3 is 0 Å². The van der Waals surface area contributed by atoms with Crippen molar-refractivity contribution in [1.29, 1.82) is 4.78 Å². The van der Waals surface area contributed by atoms with Crippen molar-refractivity contribution in [1.82, 2.24) is 19.9 Å². The number of aromatic amines is 1. The van der Waals surface area contributed by atoms with Crippen LogP contribution in [0.15, 0.2) is 30.6 Å². The number of fused-ring (bicyclic) bond motifs is 1. The number of pyridine rings is 1. The second kappa shape index (κ2) is 6.50. The van der Waals surface area contributed by atoms with E-state index in [-0.39, 0.29) is 6.04 Å². The van der Waals surface area contributed by atoms with Crippen LogP contribution in [0.5, 0.6) is 0 Å². The maximum Gasteiger partial charge on any atom is 0.162 e. The Bertz CT molecular complexity index is 1180. The average Bonchev–Trinajstić information content (AvgIpc) is 3.39. The number of morpholine rings is 1. The lowest BCUT2D eigenvalue weighted by Gasteiger charge is -2.35. The van der Waals surface area contributed by atoms with Crippen molar-refractivity contribution in [2.45, 2.75) is 30.6 Å². The third kappa shape index (κ3) is 3.00. The Morgan fingerprint density at radius 2 is 2.17 bits per heavy atom. The van der Waals surface area contributed by atoms with E-state index in [2.05, 4.69) is 21.8 Å². The van der Waals surface area contributed by atoms with Gasteiger partial charge in [-0.15, -0.1) is 0 Å². The van der Waals surface area contributed by atoms with Crippen LogP contribution in [0, 0.1) is 4.78 Å². The molecule has 5 rings (SSSR count). The Kier molecular flexibility index (Phi) is 4.15. The highest BCUT2D eigenvalue weighted by molar-refractivity contribution is 7.92. The first-order valence-electron chi connectivity index (χ1n) is 9.79. The van der Waals surface area contributed by atoms with E-state index in [1.54, 1.807) is 6.20 Å². The second-order valence-electron chi connectivity index (χ2n) is 7.99. The fourth-order valence-electron chi connectivity index (χ4n) is 4.12. The van der Waals surface area contributed by atoms with Gasteiger partial charge in [0, 0.05) is 42.2 Å². The van der Waals surface area contributed by atoms with Crippen molar-refractivity contribution in [2.75, 3.05) is 30.9 Å². The SMILES string of the molecule is C[C@@H]1COCCN1c1cc(C2(S(C)(=N)=O)CC2)nc(-c2ccnc3[nH]ccc23)n1. The Balaban J connectivity index is 1.72. The van der Waals surface area contributed by atoms with Crippen LogP contribution < -0.4 is 4.90 Å². The molecule has 1 unspecified atom stereocenters. The van der Waals surface area contributed by atoms with Gasteiger partial charge in [-0.05, 0) is 31.9 Å². The molecule has 0 aromatic carbocycles. The predicted molar refractivity (Wildman–Crippen MR) is 112 cm³/mol. The van der Waals surface area contributed by atoms with Gasteiger partial charge in [-0.2, -0.15) is 0 Å². The first-order chi connectivity index (χ1) is 13.9. The van der Waals surface area contributed by atoms with Crippen LogP contribution in [-0.2, 0) is 19.2 Å². The third-order valence-electron chi connectivity index (χ3n) is 5.99. The molecular weight excluding hydrogens is 388 g/mol. The van der Waals surface area contributed by atoms with E-state index in [9.17, 15) is 4.21 Å². The van der Waals surface area contributed by atoms with E-state index in [1.807, 2.05) is 24.4 Å². The van der Waals surface area contributed by atoms with Crippen molar-refractivity contribution in [2.24, 2.45) is 0 Å². The zero-order chi connectivity index (χ0) is 20.2. The lowest BCUT2D eigenvalue weighted by atomic mass is 10.1. The van der Waals surface area contributed by atoms with Crippen molar-refractivity contribution < 1.29 is 8.95 Å². The first kappa shape index (κ1) is 18.5. The standard InChI is InChI=1S/C20H24N6O2S/c1-13-12-28-10-9-26(13)17-11-16(20(5-6-20)29(2,21)27)24-19(25-17)15-4-8-23-18-14(15)3-7-22-18/h3-4,7-8,11,13,21H,5-6,9-10,12H2,1-2H3,(H,22,23)/t13-,29?/m1/s1. The molecule has 3 aromatic rings. The van der Waals surface area contributed by atoms with Crippen molar-refractivity contribution in [3.8, 4) is 11.4 Å². The zero-order valence-electron chi connectivity index (χ0n) is 16.5. The highest BCUT2D eigenvalue weighted by Crippen LogP contribution is 2.52. The quantitative estimate of drug-likeness (QED) is 0.682. The van der Waals surface area contributed by atoms with Crippen molar-refractivity contribution in [3.63, 3.8) is 0 Å². The highest BCUT2D eigenvalue weighted by Gasteiger charge is 2.53. The summed E-state index contributed by atoms with van der Waals surface area (Å²) < 4.78 is 26.0. The summed E-state index contributed by atoms with van der Waals surface area (Å²) in [5.74, 6) is 1.38. The molecule has 9 heteroatoms. The van der Waals surface area contributed by atoms with E-state index < -0.39 is 14.5 Å². The number of H-pyrrole nitrogens is 1. The van der Waals surface area contributed by atoms with Crippen molar-refractivity contribution >= 4 is 26.6 Å². The van der Waals surface area contributed by atoms with Crippen LogP contribution in [-0.4, -0.2) is 56.2 Å². The molecule has 2 atom stereocenters. The molecule has 0 bridgehead atoms. The summed E-state index contributed by atoms with van der Waals surface area (Å²) in [5.41, 5.74) is 2.36. The summed E-state index contributed by atoms with van der Waals surface area (Å²) >= 11 is 0. The minimum atomic E-state index is -2.79. The minimum Gasteiger partial charge on any atom is -0.377 e. The van der Waals surface area contributed by atoms with E-state index in [0.29, 0.717) is 24.7 Å². The van der Waals surface area contributed by atoms with Crippen LogP contribution in [0.1, 0.15) is 25.5 Å². The monoisotopic (exact) mass is 412 g/mol. The summed E-state index contributed by atoms with van der Waals surface area (Å²) in [6.07, 6.45) is 6.55. The summed E-state index contributed by atoms with van der Waals surface area (Å²) in [6.45, 7) is 4.13. The fraction of sp³-hybridized carbons (Fsp3) is 0.450. The number of aromatic nitrogens is 4. The summed E-state index contributed by atoms with van der Waals surface area (Å²) in [5, 5.41) is 0.943. The fourth-order valence-corrected chi connectivity index (χ4v) is 5.50. The van der Waals surface area contributed by atoms with Crippen LogP contribution in [0.2, 0.25) is 0 Å². The maximum atomic E-state index is 12.8. The molecule has 4 heterocycles. The molecule has 1 aliphatic carbocycles. The third-order valence-corrected chi connectivity index (χ3v) is 8.10. The number of nitrogens with one attached hydrogen (secondary N) is 2.